The van der Waals surface area contributed by atoms with Crippen molar-refractivity contribution in [1.82, 2.24) is 5.32 Å². The number of carboxylic acid groups (broad SMARTS) is 1. The Morgan fingerprint density at radius 2 is 1.89 bits per heavy atom. The Labute approximate surface area is 107 Å². The minimum Gasteiger partial charge on any atom is -0.491 e. The number of nitrogens with one attached hydrogen (secondary N) is 1. The van der Waals surface area contributed by atoms with Gasteiger partial charge in [-0.05, 0) is 38.6 Å². The highest BCUT2D eigenvalue weighted by atomic mass is 16.5. The van der Waals surface area contributed by atoms with E-state index in [1.54, 1.807) is 31.3 Å². The van der Waals surface area contributed by atoms with Crippen LogP contribution in [0.4, 0.5) is 0 Å². The molecule has 100 valence electrons. The lowest BCUT2D eigenvalue weighted by atomic mass is 10.0. The van der Waals surface area contributed by atoms with Gasteiger partial charge < -0.3 is 20.9 Å². The Morgan fingerprint density at radius 3 is 2.28 bits per heavy atom. The third-order valence-electron chi connectivity index (χ3n) is 2.57. The molecule has 1 aromatic rings. The highest BCUT2D eigenvalue weighted by Crippen LogP contribution is 2.19. The van der Waals surface area contributed by atoms with Crippen molar-refractivity contribution >= 4 is 5.97 Å². The second-order valence-electron chi connectivity index (χ2n) is 4.37. The van der Waals surface area contributed by atoms with Crippen molar-refractivity contribution in [2.75, 3.05) is 7.05 Å². The quantitative estimate of drug-likeness (QED) is 0.707. The van der Waals surface area contributed by atoms with Gasteiger partial charge in [-0.1, -0.05) is 12.1 Å². The molecule has 0 fully saturated rings. The lowest BCUT2D eigenvalue weighted by molar-refractivity contribution is -0.139. The molecule has 1 rings (SSSR count). The molecule has 0 aliphatic rings. The number of ether oxygens (including phenoxy) is 1. The molecule has 5 heteroatoms. The van der Waals surface area contributed by atoms with Crippen molar-refractivity contribution in [3.63, 3.8) is 0 Å². The zero-order chi connectivity index (χ0) is 13.7. The summed E-state index contributed by atoms with van der Waals surface area (Å²) in [6.45, 7) is 3.89. The summed E-state index contributed by atoms with van der Waals surface area (Å²) in [7, 11) is 1.58. The van der Waals surface area contributed by atoms with Crippen molar-refractivity contribution in [1.29, 1.82) is 0 Å². The number of rotatable bonds is 6. The summed E-state index contributed by atoms with van der Waals surface area (Å²) in [5, 5.41) is 11.7. The third-order valence-corrected chi connectivity index (χ3v) is 2.57. The van der Waals surface area contributed by atoms with Crippen LogP contribution in [0, 0.1) is 0 Å². The van der Waals surface area contributed by atoms with Crippen molar-refractivity contribution in [2.24, 2.45) is 5.73 Å². The minimum absolute atomic E-state index is 0.105. The standard InChI is InChI=1S/C13H20N2O3/c1-8(2)18-10-6-4-9(5-7-10)11(14)12(15-3)13(16)17/h4-8,11-12,15H,14H2,1-3H3,(H,16,17). The number of benzene rings is 1. The number of hydrogen-bond donors (Lipinski definition) is 3. The van der Waals surface area contributed by atoms with E-state index in [2.05, 4.69) is 5.32 Å². The molecular formula is C13H20N2O3. The predicted octanol–water partition coefficient (Wildman–Crippen LogP) is 1.15. The fraction of sp³-hybridized carbons (Fsp3) is 0.462. The van der Waals surface area contributed by atoms with E-state index in [1.807, 2.05) is 13.8 Å². The van der Waals surface area contributed by atoms with Gasteiger partial charge in [0.25, 0.3) is 0 Å². The van der Waals surface area contributed by atoms with E-state index < -0.39 is 18.1 Å². The van der Waals surface area contributed by atoms with Crippen LogP contribution in [0.2, 0.25) is 0 Å². The van der Waals surface area contributed by atoms with Crippen LogP contribution in [0.25, 0.3) is 0 Å². The summed E-state index contributed by atoms with van der Waals surface area (Å²) in [5.41, 5.74) is 6.68. The maximum Gasteiger partial charge on any atom is 0.322 e. The van der Waals surface area contributed by atoms with E-state index >= 15 is 0 Å². The molecule has 0 amide bonds. The molecule has 0 radical (unpaired) electrons. The summed E-state index contributed by atoms with van der Waals surface area (Å²) in [6.07, 6.45) is 0.105. The molecule has 0 bridgehead atoms. The first-order chi connectivity index (χ1) is 8.45. The molecule has 0 heterocycles. The van der Waals surface area contributed by atoms with E-state index in [0.29, 0.717) is 0 Å². The molecule has 0 aliphatic carbocycles. The van der Waals surface area contributed by atoms with Crippen molar-refractivity contribution < 1.29 is 14.6 Å². The largest absolute Gasteiger partial charge is 0.491 e. The Kier molecular flexibility index (Phi) is 5.12. The van der Waals surface area contributed by atoms with Gasteiger partial charge in [0, 0.05) is 0 Å². The van der Waals surface area contributed by atoms with Gasteiger partial charge in [0.2, 0.25) is 0 Å². The van der Waals surface area contributed by atoms with Gasteiger partial charge in [0.05, 0.1) is 12.1 Å². The highest BCUT2D eigenvalue weighted by Gasteiger charge is 2.24. The first-order valence-electron chi connectivity index (χ1n) is 5.88. The van der Waals surface area contributed by atoms with Gasteiger partial charge in [-0.3, -0.25) is 4.79 Å². The molecule has 0 saturated carbocycles. The zero-order valence-corrected chi connectivity index (χ0v) is 10.9. The summed E-state index contributed by atoms with van der Waals surface area (Å²) in [4.78, 5) is 11.0. The first kappa shape index (κ1) is 14.5. The van der Waals surface area contributed by atoms with Gasteiger partial charge in [0.1, 0.15) is 11.8 Å². The number of carbonyl (C=O) groups is 1. The monoisotopic (exact) mass is 252 g/mol. The van der Waals surface area contributed by atoms with Crippen LogP contribution in [0.15, 0.2) is 24.3 Å². The van der Waals surface area contributed by atoms with Crippen molar-refractivity contribution in [3.8, 4) is 5.75 Å². The Balaban J connectivity index is 2.80. The summed E-state index contributed by atoms with van der Waals surface area (Å²) >= 11 is 0. The third kappa shape index (κ3) is 3.72. The normalized spacial score (nSPS) is 14.3. The van der Waals surface area contributed by atoms with Crippen LogP contribution in [0.1, 0.15) is 25.5 Å². The second kappa shape index (κ2) is 6.37. The summed E-state index contributed by atoms with van der Waals surface area (Å²) < 4.78 is 5.51. The Hall–Kier alpha value is -1.59. The maximum absolute atomic E-state index is 11.0. The smallest absolute Gasteiger partial charge is 0.322 e. The van der Waals surface area contributed by atoms with Crippen LogP contribution < -0.4 is 15.8 Å². The molecule has 2 unspecified atom stereocenters. The van der Waals surface area contributed by atoms with E-state index in [4.69, 9.17) is 15.6 Å². The number of aliphatic carboxylic acids is 1. The molecule has 0 saturated heterocycles. The molecule has 18 heavy (non-hydrogen) atoms. The average Bonchev–Trinajstić information content (AvgIpc) is 2.29. The number of likely N-dealkylation sites (N-methyl/N-ethyl adjacent to an activating group) is 1. The molecule has 2 atom stereocenters. The van der Waals surface area contributed by atoms with Gasteiger partial charge in [-0.15, -0.1) is 0 Å². The van der Waals surface area contributed by atoms with E-state index in [1.165, 1.54) is 0 Å². The zero-order valence-electron chi connectivity index (χ0n) is 10.9. The predicted molar refractivity (Wildman–Crippen MR) is 69.6 cm³/mol. The van der Waals surface area contributed by atoms with E-state index in [0.717, 1.165) is 11.3 Å². The molecular weight excluding hydrogens is 232 g/mol. The average molecular weight is 252 g/mol. The van der Waals surface area contributed by atoms with E-state index in [9.17, 15) is 4.79 Å². The van der Waals surface area contributed by atoms with Crippen LogP contribution in [-0.2, 0) is 4.79 Å². The van der Waals surface area contributed by atoms with Crippen LogP contribution in [-0.4, -0.2) is 30.3 Å². The summed E-state index contributed by atoms with van der Waals surface area (Å²) in [6, 6.07) is 5.77. The molecule has 0 aliphatic heterocycles. The van der Waals surface area contributed by atoms with Crippen molar-refractivity contribution in [2.45, 2.75) is 32.0 Å². The van der Waals surface area contributed by atoms with Gasteiger partial charge in [-0.25, -0.2) is 0 Å². The second-order valence-corrected chi connectivity index (χ2v) is 4.37. The minimum atomic E-state index is -0.965. The fourth-order valence-corrected chi connectivity index (χ4v) is 1.69. The first-order valence-corrected chi connectivity index (χ1v) is 5.88. The number of hydrogen-bond acceptors (Lipinski definition) is 4. The van der Waals surface area contributed by atoms with Gasteiger partial charge in [-0.2, -0.15) is 0 Å². The SMILES string of the molecule is CNC(C(=O)O)C(N)c1ccc(OC(C)C)cc1. The molecule has 0 aromatic heterocycles. The number of carboxylic acids is 1. The molecule has 0 spiro atoms. The highest BCUT2D eigenvalue weighted by molar-refractivity contribution is 5.74. The lowest BCUT2D eigenvalue weighted by Gasteiger charge is -2.20. The Morgan fingerprint density at radius 1 is 1.33 bits per heavy atom. The van der Waals surface area contributed by atoms with Crippen LogP contribution in [0.3, 0.4) is 0 Å². The number of nitrogens with two attached hydrogens (primary N) is 1. The Bertz CT molecular complexity index is 390. The molecule has 4 N–H and O–H groups in total. The van der Waals surface area contributed by atoms with Crippen LogP contribution in [0.5, 0.6) is 5.75 Å². The lowest BCUT2D eigenvalue weighted by Crippen LogP contribution is -2.43. The van der Waals surface area contributed by atoms with E-state index in [-0.39, 0.29) is 6.10 Å². The van der Waals surface area contributed by atoms with Gasteiger partial charge >= 0.3 is 5.97 Å². The van der Waals surface area contributed by atoms with Crippen molar-refractivity contribution in [3.05, 3.63) is 29.8 Å². The maximum atomic E-state index is 11.0. The molecule has 5 nitrogen and oxygen atoms in total. The fourth-order valence-electron chi connectivity index (χ4n) is 1.69. The van der Waals surface area contributed by atoms with Crippen LogP contribution >= 0.6 is 0 Å². The topological polar surface area (TPSA) is 84.6 Å². The summed E-state index contributed by atoms with van der Waals surface area (Å²) in [5.74, 6) is -0.218. The van der Waals surface area contributed by atoms with Gasteiger partial charge in [0.15, 0.2) is 0 Å². The molecule has 1 aromatic carbocycles.